The first-order chi connectivity index (χ1) is 12.1. The van der Waals surface area contributed by atoms with Crippen LogP contribution in [0.5, 0.6) is 0 Å². The van der Waals surface area contributed by atoms with E-state index in [2.05, 4.69) is 5.32 Å². The average molecular weight is 344 g/mol. The van der Waals surface area contributed by atoms with E-state index in [1.807, 2.05) is 0 Å². The molecule has 3 rings (SSSR count). The smallest absolute Gasteiger partial charge is 0.335 e. The molecule has 2 N–H and O–H groups in total. The van der Waals surface area contributed by atoms with Crippen LogP contribution in [0.1, 0.15) is 59.2 Å². The lowest BCUT2D eigenvalue weighted by molar-refractivity contribution is -0.128. The summed E-state index contributed by atoms with van der Waals surface area (Å²) in [4.78, 5) is 38.1. The van der Waals surface area contributed by atoms with Crippen molar-refractivity contribution in [2.75, 3.05) is 13.1 Å². The highest BCUT2D eigenvalue weighted by atomic mass is 16.4. The van der Waals surface area contributed by atoms with E-state index in [-0.39, 0.29) is 17.4 Å². The summed E-state index contributed by atoms with van der Waals surface area (Å²) in [5.41, 5.74) is 0.402. The van der Waals surface area contributed by atoms with Gasteiger partial charge >= 0.3 is 5.97 Å². The molecule has 1 aliphatic heterocycles. The monoisotopic (exact) mass is 344 g/mol. The van der Waals surface area contributed by atoms with Gasteiger partial charge in [-0.3, -0.25) is 9.59 Å². The molecule has 1 aromatic rings. The van der Waals surface area contributed by atoms with E-state index >= 15 is 0 Å². The van der Waals surface area contributed by atoms with Crippen LogP contribution in [0.25, 0.3) is 0 Å². The number of nitrogens with zero attached hydrogens (tertiary/aromatic N) is 1. The molecule has 1 aromatic carbocycles. The highest BCUT2D eigenvalue weighted by Gasteiger charge is 2.35. The van der Waals surface area contributed by atoms with Gasteiger partial charge in [-0.05, 0) is 30.5 Å². The van der Waals surface area contributed by atoms with E-state index in [4.69, 9.17) is 5.11 Å². The number of aromatic carboxylic acids is 1. The molecule has 0 aromatic heterocycles. The normalized spacial score (nSPS) is 21.7. The van der Waals surface area contributed by atoms with Gasteiger partial charge in [0.15, 0.2) is 0 Å². The maximum absolute atomic E-state index is 12.9. The molecule has 2 aliphatic rings. The molecular weight excluding hydrogens is 320 g/mol. The van der Waals surface area contributed by atoms with Crippen LogP contribution in [0.2, 0.25) is 0 Å². The van der Waals surface area contributed by atoms with Crippen molar-refractivity contribution in [2.45, 2.75) is 44.6 Å². The number of carbonyl (C=O) groups is 3. The molecule has 1 unspecified atom stereocenters. The zero-order chi connectivity index (χ0) is 17.8. The minimum Gasteiger partial charge on any atom is -0.478 e. The molecule has 2 fully saturated rings. The van der Waals surface area contributed by atoms with Crippen LogP contribution in [0, 0.1) is 5.92 Å². The first-order valence-corrected chi connectivity index (χ1v) is 8.98. The van der Waals surface area contributed by atoms with E-state index < -0.39 is 12.0 Å². The van der Waals surface area contributed by atoms with Crippen LogP contribution in [0.3, 0.4) is 0 Å². The predicted octanol–water partition coefficient (Wildman–Crippen LogP) is 2.30. The number of carboxylic acid groups (broad SMARTS) is 1. The van der Waals surface area contributed by atoms with Crippen LogP contribution >= 0.6 is 0 Å². The van der Waals surface area contributed by atoms with Crippen molar-refractivity contribution in [3.8, 4) is 0 Å². The number of carboxylic acids is 1. The predicted molar refractivity (Wildman–Crippen MR) is 92.4 cm³/mol. The molecule has 1 aliphatic carbocycles. The first-order valence-electron chi connectivity index (χ1n) is 8.98. The highest BCUT2D eigenvalue weighted by molar-refractivity contribution is 6.00. The third-order valence-corrected chi connectivity index (χ3v) is 5.23. The molecule has 0 radical (unpaired) electrons. The van der Waals surface area contributed by atoms with Crippen molar-refractivity contribution >= 4 is 17.8 Å². The number of hydrogen-bond donors (Lipinski definition) is 2. The fourth-order valence-electron chi connectivity index (χ4n) is 3.88. The van der Waals surface area contributed by atoms with Crippen molar-refractivity contribution in [3.05, 3.63) is 35.4 Å². The van der Waals surface area contributed by atoms with Gasteiger partial charge in [0.2, 0.25) is 5.91 Å². The van der Waals surface area contributed by atoms with Crippen LogP contribution < -0.4 is 5.32 Å². The number of rotatable bonds is 4. The Morgan fingerprint density at radius 1 is 1.16 bits per heavy atom. The fourth-order valence-corrected chi connectivity index (χ4v) is 3.88. The fraction of sp³-hybridized carbons (Fsp3) is 0.526. The molecule has 0 bridgehead atoms. The Labute approximate surface area is 147 Å². The Hall–Kier alpha value is -2.37. The quantitative estimate of drug-likeness (QED) is 0.877. The van der Waals surface area contributed by atoms with Crippen LogP contribution in [-0.4, -0.2) is 46.9 Å². The summed E-state index contributed by atoms with van der Waals surface area (Å²) in [5, 5.41) is 12.0. The summed E-state index contributed by atoms with van der Waals surface area (Å²) < 4.78 is 0. The standard InChI is InChI=1S/C19H24N2O4/c22-17-16(11-13-5-2-1-3-6-13)21(10-9-20-17)18(23)14-7-4-8-15(12-14)19(24)25/h4,7-8,12-13,16H,1-3,5-6,9-11H2,(H,20,22)(H,24,25). The summed E-state index contributed by atoms with van der Waals surface area (Å²) in [7, 11) is 0. The summed E-state index contributed by atoms with van der Waals surface area (Å²) in [6.45, 7) is 0.892. The van der Waals surface area contributed by atoms with E-state index in [1.165, 1.54) is 31.4 Å². The lowest BCUT2D eigenvalue weighted by Crippen LogP contribution is -2.57. The highest BCUT2D eigenvalue weighted by Crippen LogP contribution is 2.29. The number of amides is 2. The van der Waals surface area contributed by atoms with E-state index in [9.17, 15) is 14.4 Å². The number of nitrogens with one attached hydrogen (secondary N) is 1. The van der Waals surface area contributed by atoms with Crippen molar-refractivity contribution in [1.82, 2.24) is 10.2 Å². The van der Waals surface area contributed by atoms with Gasteiger partial charge in [0.25, 0.3) is 5.91 Å². The third kappa shape index (κ3) is 4.00. The van der Waals surface area contributed by atoms with Gasteiger partial charge in [0.05, 0.1) is 5.56 Å². The second-order valence-corrected chi connectivity index (χ2v) is 6.93. The molecule has 1 atom stereocenters. The summed E-state index contributed by atoms with van der Waals surface area (Å²) in [5.74, 6) is -0.952. The second-order valence-electron chi connectivity index (χ2n) is 6.93. The Morgan fingerprint density at radius 2 is 1.88 bits per heavy atom. The summed E-state index contributed by atoms with van der Waals surface area (Å²) in [6, 6.07) is 5.56. The third-order valence-electron chi connectivity index (χ3n) is 5.23. The second kappa shape index (κ2) is 7.68. The van der Waals surface area contributed by atoms with E-state index in [0.29, 0.717) is 31.0 Å². The summed E-state index contributed by atoms with van der Waals surface area (Å²) in [6.07, 6.45) is 6.54. The number of hydrogen-bond acceptors (Lipinski definition) is 3. The van der Waals surface area contributed by atoms with Crippen LogP contribution in [0.4, 0.5) is 0 Å². The molecule has 6 heteroatoms. The molecule has 0 spiro atoms. The molecule has 1 saturated heterocycles. The van der Waals surface area contributed by atoms with Crippen molar-refractivity contribution in [1.29, 1.82) is 0 Å². The minimum absolute atomic E-state index is 0.0798. The maximum atomic E-state index is 12.9. The van der Waals surface area contributed by atoms with Crippen molar-refractivity contribution < 1.29 is 19.5 Å². The summed E-state index contributed by atoms with van der Waals surface area (Å²) >= 11 is 0. The van der Waals surface area contributed by atoms with Crippen LogP contribution in [0.15, 0.2) is 24.3 Å². The Morgan fingerprint density at radius 3 is 2.60 bits per heavy atom. The van der Waals surface area contributed by atoms with Gasteiger partial charge in [-0.2, -0.15) is 0 Å². The molecule has 1 heterocycles. The Kier molecular flexibility index (Phi) is 5.36. The molecule has 25 heavy (non-hydrogen) atoms. The number of carbonyl (C=O) groups excluding carboxylic acids is 2. The number of benzene rings is 1. The molecule has 134 valence electrons. The SMILES string of the molecule is O=C(O)c1cccc(C(=O)N2CCNC(=O)C2CC2CCCCC2)c1. The van der Waals surface area contributed by atoms with Gasteiger partial charge in [-0.1, -0.05) is 38.2 Å². The topological polar surface area (TPSA) is 86.7 Å². The largest absolute Gasteiger partial charge is 0.478 e. The van der Waals surface area contributed by atoms with Crippen LogP contribution in [-0.2, 0) is 4.79 Å². The molecule has 1 saturated carbocycles. The minimum atomic E-state index is -1.07. The van der Waals surface area contributed by atoms with Gasteiger partial charge in [0.1, 0.15) is 6.04 Å². The maximum Gasteiger partial charge on any atom is 0.335 e. The van der Waals surface area contributed by atoms with Gasteiger partial charge in [0, 0.05) is 18.7 Å². The zero-order valence-corrected chi connectivity index (χ0v) is 14.2. The average Bonchev–Trinajstić information content (AvgIpc) is 2.64. The molecule has 2 amide bonds. The van der Waals surface area contributed by atoms with E-state index in [0.717, 1.165) is 12.8 Å². The first kappa shape index (κ1) is 17.5. The van der Waals surface area contributed by atoms with Gasteiger partial charge in [-0.25, -0.2) is 4.79 Å². The Bertz CT molecular complexity index is 667. The van der Waals surface area contributed by atoms with Gasteiger partial charge in [-0.15, -0.1) is 0 Å². The zero-order valence-electron chi connectivity index (χ0n) is 14.2. The number of piperazine rings is 1. The lowest BCUT2D eigenvalue weighted by Gasteiger charge is -2.37. The molecular formula is C19H24N2O4. The van der Waals surface area contributed by atoms with E-state index in [1.54, 1.807) is 17.0 Å². The van der Waals surface area contributed by atoms with Gasteiger partial charge < -0.3 is 15.3 Å². The lowest BCUT2D eigenvalue weighted by atomic mass is 9.84. The van der Waals surface area contributed by atoms with Crippen molar-refractivity contribution in [2.24, 2.45) is 5.92 Å². The van der Waals surface area contributed by atoms with Crippen molar-refractivity contribution in [3.63, 3.8) is 0 Å². The molecule has 6 nitrogen and oxygen atoms in total. The Balaban J connectivity index is 1.79.